The Hall–Kier alpha value is -3.12. The first-order chi connectivity index (χ1) is 15.6. The molecule has 4 aromatic carbocycles. The third-order valence-corrected chi connectivity index (χ3v) is 6.48. The Morgan fingerprint density at radius 3 is 0.848 bits per heavy atom. The molecule has 0 atom stereocenters. The van der Waals surface area contributed by atoms with Crippen LogP contribution < -0.4 is 0 Å². The van der Waals surface area contributed by atoms with Crippen LogP contribution in [0.1, 0.15) is 63.8 Å². The largest absolute Gasteiger partial charge is 0.0581 e. The molecule has 0 fully saturated rings. The van der Waals surface area contributed by atoms with Gasteiger partial charge in [-0.15, -0.1) is 0 Å². The van der Waals surface area contributed by atoms with Crippen molar-refractivity contribution in [2.75, 3.05) is 0 Å². The minimum absolute atomic E-state index is 0.188. The van der Waals surface area contributed by atoms with Crippen molar-refractivity contribution in [3.63, 3.8) is 0 Å². The third-order valence-electron chi connectivity index (χ3n) is 6.48. The molecular formula is C33H36. The second kappa shape index (κ2) is 9.02. The molecule has 0 heterocycles. The van der Waals surface area contributed by atoms with Crippen molar-refractivity contribution >= 4 is 0 Å². The first kappa shape index (κ1) is 23.1. The molecule has 33 heavy (non-hydrogen) atoms. The van der Waals surface area contributed by atoms with Crippen molar-refractivity contribution in [3.8, 4) is 22.3 Å². The van der Waals surface area contributed by atoms with Gasteiger partial charge in [0.2, 0.25) is 0 Å². The zero-order valence-corrected chi connectivity index (χ0v) is 20.9. The van der Waals surface area contributed by atoms with Crippen LogP contribution in [0.15, 0.2) is 97.1 Å². The van der Waals surface area contributed by atoms with E-state index >= 15 is 0 Å². The first-order valence-electron chi connectivity index (χ1n) is 12.0. The molecule has 0 aliphatic heterocycles. The topological polar surface area (TPSA) is 0 Å². The molecule has 168 valence electrons. The van der Waals surface area contributed by atoms with Crippen molar-refractivity contribution in [3.05, 3.63) is 119 Å². The predicted molar refractivity (Wildman–Crippen MR) is 144 cm³/mol. The molecule has 0 aliphatic carbocycles. The van der Waals surface area contributed by atoms with Crippen molar-refractivity contribution < 1.29 is 0 Å². The van der Waals surface area contributed by atoms with Crippen LogP contribution in [0.3, 0.4) is 0 Å². The number of rotatable bonds is 4. The molecule has 0 nitrogen and oxygen atoms in total. The van der Waals surface area contributed by atoms with Gasteiger partial charge >= 0.3 is 0 Å². The lowest BCUT2D eigenvalue weighted by Crippen LogP contribution is -2.10. The van der Waals surface area contributed by atoms with Gasteiger partial charge in [0.05, 0.1) is 0 Å². The van der Waals surface area contributed by atoms with Crippen molar-refractivity contribution in [2.45, 2.75) is 58.8 Å². The van der Waals surface area contributed by atoms with Gasteiger partial charge < -0.3 is 0 Å². The number of benzene rings is 4. The summed E-state index contributed by atoms with van der Waals surface area (Å²) in [6.07, 6.45) is 0.951. The van der Waals surface area contributed by atoms with Crippen LogP contribution >= 0.6 is 0 Å². The van der Waals surface area contributed by atoms with Gasteiger partial charge in [-0.25, -0.2) is 0 Å². The van der Waals surface area contributed by atoms with E-state index in [2.05, 4.69) is 139 Å². The lowest BCUT2D eigenvalue weighted by atomic mass is 9.86. The quantitative estimate of drug-likeness (QED) is 0.301. The van der Waals surface area contributed by atoms with Crippen LogP contribution in [0.5, 0.6) is 0 Å². The predicted octanol–water partition coefficient (Wildman–Crippen LogP) is 9.21. The van der Waals surface area contributed by atoms with E-state index in [0.717, 1.165) is 6.42 Å². The summed E-state index contributed by atoms with van der Waals surface area (Å²) in [5.41, 5.74) is 10.9. The fourth-order valence-electron chi connectivity index (χ4n) is 4.19. The fourth-order valence-corrected chi connectivity index (χ4v) is 4.19. The van der Waals surface area contributed by atoms with Crippen LogP contribution in [0, 0.1) is 0 Å². The molecule has 0 bridgehead atoms. The third kappa shape index (κ3) is 5.63. The lowest BCUT2D eigenvalue weighted by Gasteiger charge is -2.19. The Kier molecular flexibility index (Phi) is 6.30. The van der Waals surface area contributed by atoms with Gasteiger partial charge in [-0.05, 0) is 61.8 Å². The average Bonchev–Trinajstić information content (AvgIpc) is 2.79. The van der Waals surface area contributed by atoms with E-state index in [1.165, 1.54) is 44.5 Å². The minimum atomic E-state index is 0.188. The van der Waals surface area contributed by atoms with E-state index in [9.17, 15) is 0 Å². The lowest BCUT2D eigenvalue weighted by molar-refractivity contribution is 0.590. The average molecular weight is 433 g/mol. The molecule has 0 N–H and O–H groups in total. The van der Waals surface area contributed by atoms with Gasteiger partial charge in [0, 0.05) is 0 Å². The van der Waals surface area contributed by atoms with E-state index in [1.807, 2.05) is 0 Å². The Morgan fingerprint density at radius 2 is 0.606 bits per heavy atom. The van der Waals surface area contributed by atoms with Crippen LogP contribution in [-0.4, -0.2) is 0 Å². The SMILES string of the molecule is CC(C)(C)c1ccc(-c2ccc(Cc3ccc(-c4ccc(C(C)(C)C)cc4)cc3)cc2)cc1. The van der Waals surface area contributed by atoms with Crippen LogP contribution in [0.2, 0.25) is 0 Å². The van der Waals surface area contributed by atoms with E-state index in [-0.39, 0.29) is 10.8 Å². The summed E-state index contributed by atoms with van der Waals surface area (Å²) in [6, 6.07) is 36.0. The molecule has 0 saturated carbocycles. The van der Waals surface area contributed by atoms with E-state index < -0.39 is 0 Å². The molecule has 0 aromatic heterocycles. The van der Waals surface area contributed by atoms with E-state index in [0.29, 0.717) is 0 Å². The normalized spacial score (nSPS) is 12.1. The smallest absolute Gasteiger partial charge is 0.00258 e. The molecule has 0 heteroatoms. The molecule has 0 saturated heterocycles. The molecule has 0 unspecified atom stereocenters. The summed E-state index contributed by atoms with van der Waals surface area (Å²) in [5, 5.41) is 0. The second-order valence-corrected chi connectivity index (χ2v) is 11.2. The monoisotopic (exact) mass is 432 g/mol. The number of hydrogen-bond acceptors (Lipinski definition) is 0. The van der Waals surface area contributed by atoms with E-state index in [1.54, 1.807) is 0 Å². The maximum atomic E-state index is 2.26. The van der Waals surface area contributed by atoms with Crippen molar-refractivity contribution in [2.24, 2.45) is 0 Å². The minimum Gasteiger partial charge on any atom is -0.0581 e. The standard InChI is InChI=1S/C33H36/c1-32(2,3)30-19-15-28(16-20-30)26-11-7-24(8-12-26)23-25-9-13-27(14-10-25)29-17-21-31(22-18-29)33(4,5)6/h7-22H,23H2,1-6H3. The highest BCUT2D eigenvalue weighted by Crippen LogP contribution is 2.28. The molecule has 0 amide bonds. The highest BCUT2D eigenvalue weighted by Gasteiger charge is 2.14. The molecule has 4 aromatic rings. The summed E-state index contributed by atoms with van der Waals surface area (Å²) < 4.78 is 0. The Balaban J connectivity index is 1.43. The molecule has 0 radical (unpaired) electrons. The van der Waals surface area contributed by atoms with Crippen molar-refractivity contribution in [1.82, 2.24) is 0 Å². The summed E-state index contributed by atoms with van der Waals surface area (Å²) in [7, 11) is 0. The molecular weight excluding hydrogens is 396 g/mol. The van der Waals surface area contributed by atoms with Gasteiger partial charge in [-0.1, -0.05) is 139 Å². The Labute approximate surface area is 200 Å². The van der Waals surface area contributed by atoms with Gasteiger partial charge in [0.1, 0.15) is 0 Å². The van der Waals surface area contributed by atoms with Gasteiger partial charge in [0.15, 0.2) is 0 Å². The fraction of sp³-hybridized carbons (Fsp3) is 0.273. The summed E-state index contributed by atoms with van der Waals surface area (Å²) in [6.45, 7) is 13.5. The van der Waals surface area contributed by atoms with Gasteiger partial charge in [0.25, 0.3) is 0 Å². The van der Waals surface area contributed by atoms with Crippen LogP contribution in [0.25, 0.3) is 22.3 Å². The Morgan fingerprint density at radius 1 is 0.364 bits per heavy atom. The molecule has 4 rings (SSSR count). The zero-order chi connectivity index (χ0) is 23.6. The highest BCUT2D eigenvalue weighted by atomic mass is 14.2. The summed E-state index contributed by atoms with van der Waals surface area (Å²) in [4.78, 5) is 0. The maximum absolute atomic E-state index is 2.26. The zero-order valence-electron chi connectivity index (χ0n) is 20.9. The molecule has 0 aliphatic rings. The highest BCUT2D eigenvalue weighted by molar-refractivity contribution is 5.65. The summed E-state index contributed by atoms with van der Waals surface area (Å²) >= 11 is 0. The van der Waals surface area contributed by atoms with Crippen LogP contribution in [0.4, 0.5) is 0 Å². The maximum Gasteiger partial charge on any atom is -0.00258 e. The molecule has 0 spiro atoms. The van der Waals surface area contributed by atoms with E-state index in [4.69, 9.17) is 0 Å². The second-order valence-electron chi connectivity index (χ2n) is 11.2. The van der Waals surface area contributed by atoms with Crippen LogP contribution in [-0.2, 0) is 17.3 Å². The summed E-state index contributed by atoms with van der Waals surface area (Å²) in [5.74, 6) is 0. The first-order valence-corrected chi connectivity index (χ1v) is 12.0. The number of hydrogen-bond donors (Lipinski definition) is 0. The van der Waals surface area contributed by atoms with Gasteiger partial charge in [-0.2, -0.15) is 0 Å². The Bertz CT molecular complexity index is 1080. The van der Waals surface area contributed by atoms with Crippen molar-refractivity contribution in [1.29, 1.82) is 0 Å². The van der Waals surface area contributed by atoms with Gasteiger partial charge in [-0.3, -0.25) is 0 Å².